The number of rotatable bonds is 4. The quantitative estimate of drug-likeness (QED) is 0.859. The summed E-state index contributed by atoms with van der Waals surface area (Å²) in [6.45, 7) is 2.42. The van der Waals surface area contributed by atoms with Gasteiger partial charge in [0.25, 0.3) is 0 Å². The summed E-state index contributed by atoms with van der Waals surface area (Å²) in [6, 6.07) is 10.4. The second-order valence-electron chi connectivity index (χ2n) is 5.62. The van der Waals surface area contributed by atoms with E-state index in [1.165, 1.54) is 37.7 Å². The van der Waals surface area contributed by atoms with E-state index in [1.54, 1.807) is 0 Å². The Kier molecular flexibility index (Phi) is 4.41. The molecule has 1 saturated carbocycles. The second kappa shape index (κ2) is 5.85. The van der Waals surface area contributed by atoms with Crippen LogP contribution in [-0.4, -0.2) is 17.8 Å². The Labute approximate surface area is 110 Å². The van der Waals surface area contributed by atoms with Gasteiger partial charge in [0.1, 0.15) is 0 Å². The molecule has 100 valence electrons. The lowest BCUT2D eigenvalue weighted by atomic mass is 9.62. The first-order chi connectivity index (χ1) is 8.71. The Hall–Kier alpha value is -0.860. The average molecular weight is 247 g/mol. The van der Waals surface area contributed by atoms with Crippen LogP contribution in [-0.2, 0) is 5.41 Å². The Bertz CT molecular complexity index is 357. The number of aliphatic hydroxyl groups is 1. The van der Waals surface area contributed by atoms with Gasteiger partial charge in [-0.1, -0.05) is 49.6 Å². The zero-order valence-corrected chi connectivity index (χ0v) is 11.3. The van der Waals surface area contributed by atoms with Crippen LogP contribution in [0.25, 0.3) is 0 Å². The maximum Gasteiger partial charge on any atom is 0.0623 e. The predicted octanol–water partition coefficient (Wildman–Crippen LogP) is 2.84. The van der Waals surface area contributed by atoms with Crippen molar-refractivity contribution in [2.75, 3.05) is 6.54 Å². The van der Waals surface area contributed by atoms with E-state index >= 15 is 0 Å². The zero-order chi connectivity index (χ0) is 13.0. The lowest BCUT2D eigenvalue weighted by molar-refractivity contribution is 0.0439. The number of nitrogens with two attached hydrogens (primary N) is 1. The Balaban J connectivity index is 2.39. The Morgan fingerprint density at radius 2 is 1.83 bits per heavy atom. The van der Waals surface area contributed by atoms with E-state index in [2.05, 4.69) is 12.1 Å². The van der Waals surface area contributed by atoms with Gasteiger partial charge in [0.2, 0.25) is 0 Å². The molecule has 0 bridgehead atoms. The highest BCUT2D eigenvalue weighted by atomic mass is 16.3. The molecular weight excluding hydrogens is 222 g/mol. The molecule has 0 spiro atoms. The van der Waals surface area contributed by atoms with E-state index in [4.69, 9.17) is 5.73 Å². The van der Waals surface area contributed by atoms with Crippen LogP contribution in [0.1, 0.15) is 44.6 Å². The highest BCUT2D eigenvalue weighted by Gasteiger charge is 2.43. The van der Waals surface area contributed by atoms with Crippen LogP contribution in [0, 0.1) is 5.92 Å². The van der Waals surface area contributed by atoms with Crippen LogP contribution >= 0.6 is 0 Å². The lowest BCUT2D eigenvalue weighted by Gasteiger charge is -2.44. The summed E-state index contributed by atoms with van der Waals surface area (Å²) in [6.07, 6.45) is 5.85. The van der Waals surface area contributed by atoms with Gasteiger partial charge in [0, 0.05) is 12.0 Å². The standard InChI is InChI=1S/C16H25NO/c1-13(18)16(12-17,14-8-4-2-5-9-14)15-10-6-3-7-11-15/h2,4-5,8-9,13,15,18H,3,6-7,10-12,17H2,1H3. The maximum absolute atomic E-state index is 10.4. The summed E-state index contributed by atoms with van der Waals surface area (Å²) in [5, 5.41) is 10.4. The predicted molar refractivity (Wildman–Crippen MR) is 75.4 cm³/mol. The van der Waals surface area contributed by atoms with Crippen molar-refractivity contribution in [1.29, 1.82) is 0 Å². The fraction of sp³-hybridized carbons (Fsp3) is 0.625. The number of hydrogen-bond donors (Lipinski definition) is 2. The average Bonchev–Trinajstić information content (AvgIpc) is 2.42. The summed E-state index contributed by atoms with van der Waals surface area (Å²) < 4.78 is 0. The van der Waals surface area contributed by atoms with E-state index in [9.17, 15) is 5.11 Å². The lowest BCUT2D eigenvalue weighted by Crippen LogP contribution is -2.51. The van der Waals surface area contributed by atoms with Gasteiger partial charge in [0.05, 0.1) is 6.10 Å². The molecule has 2 nitrogen and oxygen atoms in total. The topological polar surface area (TPSA) is 46.2 Å². The first-order valence-corrected chi connectivity index (χ1v) is 7.15. The normalized spacial score (nSPS) is 22.4. The SMILES string of the molecule is CC(O)C(CN)(c1ccccc1)C1CCCCC1. The molecule has 1 aromatic carbocycles. The van der Waals surface area contributed by atoms with E-state index < -0.39 is 6.10 Å². The molecule has 2 atom stereocenters. The van der Waals surface area contributed by atoms with Gasteiger partial charge in [-0.05, 0) is 31.2 Å². The smallest absolute Gasteiger partial charge is 0.0623 e. The Morgan fingerprint density at radius 1 is 1.22 bits per heavy atom. The van der Waals surface area contributed by atoms with Gasteiger partial charge < -0.3 is 10.8 Å². The third-order valence-electron chi connectivity index (χ3n) is 4.73. The van der Waals surface area contributed by atoms with Crippen molar-refractivity contribution in [2.45, 2.75) is 50.5 Å². The Morgan fingerprint density at radius 3 is 2.33 bits per heavy atom. The minimum atomic E-state index is -0.395. The molecule has 18 heavy (non-hydrogen) atoms. The molecular formula is C16H25NO. The largest absolute Gasteiger partial charge is 0.392 e. The van der Waals surface area contributed by atoms with Crippen molar-refractivity contribution in [1.82, 2.24) is 0 Å². The summed E-state index contributed by atoms with van der Waals surface area (Å²) in [4.78, 5) is 0. The van der Waals surface area contributed by atoms with E-state index in [1.807, 2.05) is 25.1 Å². The molecule has 0 saturated heterocycles. The van der Waals surface area contributed by atoms with Crippen LogP contribution in [0.2, 0.25) is 0 Å². The maximum atomic E-state index is 10.4. The fourth-order valence-electron chi connectivity index (χ4n) is 3.64. The van der Waals surface area contributed by atoms with Crippen molar-refractivity contribution in [3.63, 3.8) is 0 Å². The van der Waals surface area contributed by atoms with Crippen molar-refractivity contribution in [3.05, 3.63) is 35.9 Å². The molecule has 0 amide bonds. The first-order valence-electron chi connectivity index (χ1n) is 7.15. The molecule has 1 fully saturated rings. The van der Waals surface area contributed by atoms with Gasteiger partial charge >= 0.3 is 0 Å². The molecule has 1 aliphatic rings. The molecule has 2 rings (SSSR count). The third-order valence-corrected chi connectivity index (χ3v) is 4.73. The second-order valence-corrected chi connectivity index (χ2v) is 5.62. The minimum absolute atomic E-state index is 0.262. The van der Waals surface area contributed by atoms with E-state index in [0.29, 0.717) is 12.5 Å². The number of hydrogen-bond acceptors (Lipinski definition) is 2. The van der Waals surface area contributed by atoms with Crippen LogP contribution in [0.3, 0.4) is 0 Å². The van der Waals surface area contributed by atoms with E-state index in [0.717, 1.165) is 0 Å². The van der Waals surface area contributed by atoms with Crippen molar-refractivity contribution in [2.24, 2.45) is 11.7 Å². The number of aliphatic hydroxyl groups excluding tert-OH is 1. The molecule has 0 aliphatic heterocycles. The highest BCUT2D eigenvalue weighted by molar-refractivity contribution is 5.29. The van der Waals surface area contributed by atoms with Crippen molar-refractivity contribution >= 4 is 0 Å². The third kappa shape index (κ3) is 2.32. The van der Waals surface area contributed by atoms with Crippen molar-refractivity contribution in [3.8, 4) is 0 Å². The van der Waals surface area contributed by atoms with Gasteiger partial charge in [0.15, 0.2) is 0 Å². The monoisotopic (exact) mass is 247 g/mol. The van der Waals surface area contributed by atoms with Crippen LogP contribution < -0.4 is 5.73 Å². The number of benzene rings is 1. The van der Waals surface area contributed by atoms with Gasteiger partial charge in [-0.15, -0.1) is 0 Å². The van der Waals surface area contributed by atoms with Gasteiger partial charge in [-0.2, -0.15) is 0 Å². The van der Waals surface area contributed by atoms with Gasteiger partial charge in [-0.25, -0.2) is 0 Å². The van der Waals surface area contributed by atoms with Crippen LogP contribution in [0.15, 0.2) is 30.3 Å². The summed E-state index contributed by atoms with van der Waals surface area (Å²) in [5.74, 6) is 0.513. The van der Waals surface area contributed by atoms with E-state index in [-0.39, 0.29) is 5.41 Å². The summed E-state index contributed by atoms with van der Waals surface area (Å²) in [7, 11) is 0. The molecule has 2 heteroatoms. The molecule has 1 aliphatic carbocycles. The van der Waals surface area contributed by atoms with Crippen LogP contribution in [0.4, 0.5) is 0 Å². The molecule has 0 aromatic heterocycles. The minimum Gasteiger partial charge on any atom is -0.392 e. The van der Waals surface area contributed by atoms with Gasteiger partial charge in [-0.3, -0.25) is 0 Å². The summed E-state index contributed by atoms with van der Waals surface area (Å²) in [5.41, 5.74) is 7.05. The molecule has 1 aromatic rings. The molecule has 3 N–H and O–H groups in total. The van der Waals surface area contributed by atoms with Crippen molar-refractivity contribution < 1.29 is 5.11 Å². The fourth-order valence-corrected chi connectivity index (χ4v) is 3.64. The highest BCUT2D eigenvalue weighted by Crippen LogP contribution is 2.42. The van der Waals surface area contributed by atoms with Crippen LogP contribution in [0.5, 0.6) is 0 Å². The molecule has 0 heterocycles. The summed E-state index contributed by atoms with van der Waals surface area (Å²) >= 11 is 0. The first kappa shape index (κ1) is 13.6. The molecule has 2 unspecified atom stereocenters. The zero-order valence-electron chi connectivity index (χ0n) is 11.3. The molecule has 0 radical (unpaired) electrons.